The Morgan fingerprint density at radius 1 is 1.40 bits per heavy atom. The van der Waals surface area contributed by atoms with E-state index in [1.807, 2.05) is 12.3 Å². The van der Waals surface area contributed by atoms with E-state index in [1.54, 1.807) is 6.20 Å². The van der Waals surface area contributed by atoms with Gasteiger partial charge in [0.15, 0.2) is 0 Å². The number of nitrogens with zero attached hydrogens (tertiary/aromatic N) is 3. The molecule has 80 valence electrons. The van der Waals surface area contributed by atoms with Crippen LogP contribution in [-0.4, -0.2) is 18.1 Å². The lowest BCUT2D eigenvalue weighted by atomic mass is 9.98. The van der Waals surface area contributed by atoms with Gasteiger partial charge in [0.2, 0.25) is 0 Å². The number of aromatic nitrogens is 1. The second-order valence-electron chi connectivity index (χ2n) is 3.60. The van der Waals surface area contributed by atoms with Crippen LogP contribution in [0.2, 0.25) is 0 Å². The van der Waals surface area contributed by atoms with E-state index in [-0.39, 0.29) is 18.3 Å². The third-order valence-corrected chi connectivity index (χ3v) is 2.69. The summed E-state index contributed by atoms with van der Waals surface area (Å²) in [6, 6.07) is 6.35. The maximum absolute atomic E-state index is 8.77. The maximum Gasteiger partial charge on any atom is 0.0657 e. The second kappa shape index (κ2) is 5.57. The van der Waals surface area contributed by atoms with E-state index in [0.717, 1.165) is 25.9 Å². The van der Waals surface area contributed by atoms with Gasteiger partial charge in [-0.05, 0) is 25.0 Å². The maximum atomic E-state index is 8.77. The van der Waals surface area contributed by atoms with Gasteiger partial charge < -0.3 is 4.90 Å². The number of pyridine rings is 1. The molecule has 0 aliphatic carbocycles. The smallest absolute Gasteiger partial charge is 0.0657 e. The molecule has 2 rings (SSSR count). The van der Waals surface area contributed by atoms with Gasteiger partial charge in [-0.1, -0.05) is 0 Å². The Labute approximate surface area is 96.1 Å². The third kappa shape index (κ3) is 2.84. The Balaban J connectivity index is 0.00000112. The van der Waals surface area contributed by atoms with Crippen LogP contribution in [-0.2, 0) is 0 Å². The van der Waals surface area contributed by atoms with E-state index >= 15 is 0 Å². The van der Waals surface area contributed by atoms with Crippen LogP contribution >= 0.6 is 12.4 Å². The Morgan fingerprint density at radius 2 is 2.13 bits per heavy atom. The van der Waals surface area contributed by atoms with Crippen molar-refractivity contribution >= 4 is 18.1 Å². The highest BCUT2D eigenvalue weighted by atomic mass is 35.5. The lowest BCUT2D eigenvalue weighted by Gasteiger charge is -2.30. The van der Waals surface area contributed by atoms with Gasteiger partial charge in [-0.2, -0.15) is 5.26 Å². The molecule has 0 N–H and O–H groups in total. The SMILES string of the molecule is Cl.N#CC1CCN(c2cccnc2)CC1. The molecule has 1 aromatic rings. The minimum absolute atomic E-state index is 0. The molecule has 15 heavy (non-hydrogen) atoms. The minimum Gasteiger partial charge on any atom is -0.370 e. The van der Waals surface area contributed by atoms with Crippen molar-refractivity contribution < 1.29 is 0 Å². The lowest BCUT2D eigenvalue weighted by molar-refractivity contribution is 0.487. The quantitative estimate of drug-likeness (QED) is 0.733. The molecule has 0 bridgehead atoms. The van der Waals surface area contributed by atoms with Crippen LogP contribution in [0.4, 0.5) is 5.69 Å². The summed E-state index contributed by atoms with van der Waals surface area (Å²) in [6.07, 6.45) is 5.62. The number of hydrogen-bond acceptors (Lipinski definition) is 3. The van der Waals surface area contributed by atoms with Crippen LogP contribution in [0.3, 0.4) is 0 Å². The molecule has 1 aromatic heterocycles. The van der Waals surface area contributed by atoms with Crippen molar-refractivity contribution in [1.29, 1.82) is 5.26 Å². The normalized spacial score (nSPS) is 16.6. The molecule has 4 heteroatoms. The van der Waals surface area contributed by atoms with Crippen molar-refractivity contribution in [3.63, 3.8) is 0 Å². The van der Waals surface area contributed by atoms with Gasteiger partial charge in [-0.25, -0.2) is 0 Å². The number of piperidine rings is 1. The fourth-order valence-corrected chi connectivity index (χ4v) is 1.81. The van der Waals surface area contributed by atoms with E-state index in [9.17, 15) is 0 Å². The molecule has 0 unspecified atom stereocenters. The van der Waals surface area contributed by atoms with Crippen LogP contribution in [0, 0.1) is 17.2 Å². The summed E-state index contributed by atoms with van der Waals surface area (Å²) in [4.78, 5) is 6.38. The molecule has 3 nitrogen and oxygen atoms in total. The summed E-state index contributed by atoms with van der Waals surface area (Å²) in [5.41, 5.74) is 1.17. The molecule has 0 radical (unpaired) electrons. The molecule has 0 saturated carbocycles. The molecule has 1 fully saturated rings. The Kier molecular flexibility index (Phi) is 4.38. The van der Waals surface area contributed by atoms with Crippen LogP contribution in [0.25, 0.3) is 0 Å². The minimum atomic E-state index is 0. The van der Waals surface area contributed by atoms with Gasteiger partial charge in [-0.3, -0.25) is 4.98 Å². The summed E-state index contributed by atoms with van der Waals surface area (Å²) in [7, 11) is 0. The zero-order valence-electron chi connectivity index (χ0n) is 8.47. The Hall–Kier alpha value is -1.27. The molecule has 0 aromatic carbocycles. The average molecular weight is 224 g/mol. The van der Waals surface area contributed by atoms with Crippen LogP contribution in [0.1, 0.15) is 12.8 Å². The highest BCUT2D eigenvalue weighted by Crippen LogP contribution is 2.21. The summed E-state index contributed by atoms with van der Waals surface area (Å²) in [6.45, 7) is 1.95. The number of anilines is 1. The Bertz CT molecular complexity index is 325. The highest BCUT2D eigenvalue weighted by Gasteiger charge is 2.18. The Morgan fingerprint density at radius 3 is 2.67 bits per heavy atom. The fraction of sp³-hybridized carbons (Fsp3) is 0.455. The van der Waals surface area contributed by atoms with Crippen molar-refractivity contribution in [3.8, 4) is 6.07 Å². The van der Waals surface area contributed by atoms with Crippen LogP contribution in [0.15, 0.2) is 24.5 Å². The van der Waals surface area contributed by atoms with Gasteiger partial charge in [0.05, 0.1) is 18.0 Å². The van der Waals surface area contributed by atoms with Gasteiger partial charge in [0, 0.05) is 25.2 Å². The first-order valence-electron chi connectivity index (χ1n) is 4.95. The van der Waals surface area contributed by atoms with Gasteiger partial charge in [0.25, 0.3) is 0 Å². The first-order chi connectivity index (χ1) is 6.90. The van der Waals surface area contributed by atoms with E-state index in [0.29, 0.717) is 0 Å². The first kappa shape index (κ1) is 11.8. The topological polar surface area (TPSA) is 39.9 Å². The molecule has 0 spiro atoms. The van der Waals surface area contributed by atoms with E-state index in [1.165, 1.54) is 5.69 Å². The van der Waals surface area contributed by atoms with Gasteiger partial charge in [0.1, 0.15) is 0 Å². The van der Waals surface area contributed by atoms with Gasteiger partial charge >= 0.3 is 0 Å². The molecule has 2 heterocycles. The first-order valence-corrected chi connectivity index (χ1v) is 4.95. The highest BCUT2D eigenvalue weighted by molar-refractivity contribution is 5.85. The average Bonchev–Trinajstić information content (AvgIpc) is 2.30. The predicted octanol–water partition coefficient (Wildman–Crippen LogP) is 2.24. The number of hydrogen-bond donors (Lipinski definition) is 0. The molecule has 1 saturated heterocycles. The van der Waals surface area contributed by atoms with Gasteiger partial charge in [-0.15, -0.1) is 12.4 Å². The number of halogens is 1. The predicted molar refractivity (Wildman–Crippen MR) is 62.0 cm³/mol. The van der Waals surface area contributed by atoms with Crippen molar-refractivity contribution in [1.82, 2.24) is 4.98 Å². The molecule has 1 aliphatic rings. The summed E-state index contributed by atoms with van der Waals surface area (Å²) in [5, 5.41) is 8.77. The van der Waals surface area contributed by atoms with E-state index in [4.69, 9.17) is 5.26 Å². The zero-order valence-corrected chi connectivity index (χ0v) is 9.28. The summed E-state index contributed by atoms with van der Waals surface area (Å²) in [5.74, 6) is 0.253. The monoisotopic (exact) mass is 223 g/mol. The largest absolute Gasteiger partial charge is 0.370 e. The van der Waals surface area contributed by atoms with Crippen molar-refractivity contribution in [3.05, 3.63) is 24.5 Å². The van der Waals surface area contributed by atoms with Crippen molar-refractivity contribution in [2.24, 2.45) is 5.92 Å². The fourth-order valence-electron chi connectivity index (χ4n) is 1.81. The summed E-state index contributed by atoms with van der Waals surface area (Å²) < 4.78 is 0. The van der Waals surface area contributed by atoms with Crippen molar-refractivity contribution in [2.45, 2.75) is 12.8 Å². The molecular formula is C11H14ClN3. The molecular weight excluding hydrogens is 210 g/mol. The zero-order chi connectivity index (χ0) is 9.80. The molecule has 1 aliphatic heterocycles. The van der Waals surface area contributed by atoms with E-state index in [2.05, 4.69) is 22.0 Å². The summed E-state index contributed by atoms with van der Waals surface area (Å²) >= 11 is 0. The number of rotatable bonds is 1. The third-order valence-electron chi connectivity index (χ3n) is 2.69. The van der Waals surface area contributed by atoms with Crippen LogP contribution in [0.5, 0.6) is 0 Å². The lowest BCUT2D eigenvalue weighted by Crippen LogP contribution is -2.33. The second-order valence-corrected chi connectivity index (χ2v) is 3.60. The van der Waals surface area contributed by atoms with Crippen molar-refractivity contribution in [2.75, 3.05) is 18.0 Å². The molecule has 0 atom stereocenters. The van der Waals surface area contributed by atoms with E-state index < -0.39 is 0 Å². The molecule has 0 amide bonds. The standard InChI is InChI=1S/C11H13N3.ClH/c12-8-10-3-6-14(7-4-10)11-2-1-5-13-9-11;/h1-2,5,9-10H,3-4,6-7H2;1H. The number of nitriles is 1. The van der Waals surface area contributed by atoms with Crippen LogP contribution < -0.4 is 4.90 Å².